The van der Waals surface area contributed by atoms with Gasteiger partial charge in [0.1, 0.15) is 17.6 Å². The highest BCUT2D eigenvalue weighted by molar-refractivity contribution is 8.23. The van der Waals surface area contributed by atoms with Gasteiger partial charge in [-0.2, -0.15) is 0 Å². The number of hydrogen-bond donors (Lipinski definition) is 2. The molecule has 0 aromatic heterocycles. The van der Waals surface area contributed by atoms with Gasteiger partial charge in [-0.15, -0.1) is 0 Å². The molecule has 7 nitrogen and oxygen atoms in total. The summed E-state index contributed by atoms with van der Waals surface area (Å²) in [4.78, 5) is 15.1. The quantitative estimate of drug-likeness (QED) is 0.769. The Kier molecular flexibility index (Phi) is 5.20. The lowest BCUT2D eigenvalue weighted by molar-refractivity contribution is 0.0852. The zero-order chi connectivity index (χ0) is 19.7. The van der Waals surface area contributed by atoms with E-state index in [1.807, 2.05) is 24.3 Å². The molecule has 0 radical (unpaired) electrons. The van der Waals surface area contributed by atoms with Gasteiger partial charge < -0.3 is 9.47 Å². The van der Waals surface area contributed by atoms with Gasteiger partial charge in [-0.05, 0) is 30.7 Å². The molecule has 0 saturated carbocycles. The topological polar surface area (TPSA) is 82.5 Å². The molecule has 4 rings (SSSR count). The average Bonchev–Trinajstić information content (AvgIpc) is 3.22. The highest BCUT2D eigenvalue weighted by atomic mass is 32.3. The molecule has 150 valence electrons. The fourth-order valence-corrected chi connectivity index (χ4v) is 5.29. The Labute approximate surface area is 166 Å². The summed E-state index contributed by atoms with van der Waals surface area (Å²) in [7, 11) is -1.62. The standard InChI is InChI=1S/C20H24N2O5S/c1-26-15-5-4-6-16(13-15)27-17-9-10-21(14-17)11-12-22-20(23)18-7-2-3-8-19(18)28(22,24)25/h2-8,13,17,24-25H,9-12,14H2,1H3. The van der Waals surface area contributed by atoms with Crippen molar-refractivity contribution in [2.45, 2.75) is 17.4 Å². The molecule has 8 heteroatoms. The zero-order valence-corrected chi connectivity index (χ0v) is 16.5. The van der Waals surface area contributed by atoms with Gasteiger partial charge >= 0.3 is 0 Å². The number of hydrogen-bond acceptors (Lipinski definition) is 6. The number of ether oxygens (including phenoxy) is 2. The fraction of sp³-hybridized carbons (Fsp3) is 0.350. The Balaban J connectivity index is 1.33. The minimum absolute atomic E-state index is 0.0546. The molecule has 0 spiro atoms. The molecule has 1 atom stereocenters. The molecule has 1 saturated heterocycles. The van der Waals surface area contributed by atoms with Crippen molar-refractivity contribution in [3.63, 3.8) is 0 Å². The Morgan fingerprint density at radius 3 is 2.68 bits per heavy atom. The first-order valence-corrected chi connectivity index (χ1v) is 10.7. The molecular formula is C20H24N2O5S. The van der Waals surface area contributed by atoms with E-state index in [-0.39, 0.29) is 18.6 Å². The SMILES string of the molecule is COc1cccc(OC2CCN(CCN3C(=O)c4ccccc4S3(O)O)C2)c1. The first-order chi connectivity index (χ1) is 13.5. The molecule has 2 aromatic rings. The van der Waals surface area contributed by atoms with E-state index in [1.165, 1.54) is 4.31 Å². The predicted octanol–water partition coefficient (Wildman–Crippen LogP) is 3.33. The number of rotatable bonds is 6. The first-order valence-electron chi connectivity index (χ1n) is 9.21. The molecule has 1 fully saturated rings. The third kappa shape index (κ3) is 3.56. The Bertz CT molecular complexity index is 875. The maximum Gasteiger partial charge on any atom is 0.274 e. The summed E-state index contributed by atoms with van der Waals surface area (Å²) >= 11 is 0. The Morgan fingerprint density at radius 2 is 1.89 bits per heavy atom. The van der Waals surface area contributed by atoms with E-state index >= 15 is 0 Å². The lowest BCUT2D eigenvalue weighted by atomic mass is 10.2. The molecule has 2 aliphatic rings. The van der Waals surface area contributed by atoms with Gasteiger partial charge in [0.25, 0.3) is 5.91 Å². The number of carbonyl (C=O) groups excluding carboxylic acids is 1. The maximum atomic E-state index is 12.6. The molecule has 2 heterocycles. The minimum atomic E-state index is -3.25. The average molecular weight is 404 g/mol. The number of benzene rings is 2. The summed E-state index contributed by atoms with van der Waals surface area (Å²) < 4.78 is 33.5. The van der Waals surface area contributed by atoms with Crippen LogP contribution in [0, 0.1) is 0 Å². The number of likely N-dealkylation sites (tertiary alicyclic amines) is 1. The third-order valence-electron chi connectivity index (χ3n) is 5.14. The number of amides is 1. The summed E-state index contributed by atoms with van der Waals surface area (Å²) in [6, 6.07) is 14.2. The van der Waals surface area contributed by atoms with Gasteiger partial charge in [-0.1, -0.05) is 29.0 Å². The summed E-state index contributed by atoms with van der Waals surface area (Å²) in [5, 5.41) is 0. The summed E-state index contributed by atoms with van der Waals surface area (Å²) in [5.74, 6) is 1.20. The van der Waals surface area contributed by atoms with E-state index in [4.69, 9.17) is 9.47 Å². The highest BCUT2D eigenvalue weighted by Gasteiger charge is 2.41. The van der Waals surface area contributed by atoms with E-state index in [0.717, 1.165) is 31.0 Å². The summed E-state index contributed by atoms with van der Waals surface area (Å²) in [5.41, 5.74) is 0.378. The minimum Gasteiger partial charge on any atom is -0.497 e. The van der Waals surface area contributed by atoms with Crippen molar-refractivity contribution in [2.75, 3.05) is 33.3 Å². The van der Waals surface area contributed by atoms with E-state index in [9.17, 15) is 13.9 Å². The molecule has 1 amide bonds. The van der Waals surface area contributed by atoms with Crippen LogP contribution in [0.1, 0.15) is 16.8 Å². The smallest absolute Gasteiger partial charge is 0.274 e. The van der Waals surface area contributed by atoms with Gasteiger partial charge in [0, 0.05) is 25.7 Å². The lowest BCUT2D eigenvalue weighted by Crippen LogP contribution is -2.36. The van der Waals surface area contributed by atoms with Crippen molar-refractivity contribution in [1.82, 2.24) is 9.21 Å². The van der Waals surface area contributed by atoms with E-state index < -0.39 is 10.8 Å². The zero-order valence-electron chi connectivity index (χ0n) is 15.7. The molecule has 28 heavy (non-hydrogen) atoms. The van der Waals surface area contributed by atoms with Gasteiger partial charge in [-0.25, -0.2) is 4.31 Å². The van der Waals surface area contributed by atoms with Crippen LogP contribution in [-0.2, 0) is 0 Å². The molecule has 1 unspecified atom stereocenters. The maximum absolute atomic E-state index is 12.6. The first kappa shape index (κ1) is 19.1. The van der Waals surface area contributed by atoms with Crippen LogP contribution in [0.2, 0.25) is 0 Å². The molecule has 2 N–H and O–H groups in total. The fourth-order valence-electron chi connectivity index (χ4n) is 3.68. The second-order valence-electron chi connectivity index (χ2n) is 6.93. The van der Waals surface area contributed by atoms with E-state index in [1.54, 1.807) is 31.4 Å². The monoisotopic (exact) mass is 404 g/mol. The van der Waals surface area contributed by atoms with Crippen LogP contribution in [0.15, 0.2) is 53.4 Å². The number of methoxy groups -OCH3 is 1. The van der Waals surface area contributed by atoms with Gasteiger partial charge in [-0.3, -0.25) is 18.8 Å². The number of fused-ring (bicyclic) bond motifs is 1. The van der Waals surface area contributed by atoms with Crippen molar-refractivity contribution in [3.05, 3.63) is 54.1 Å². The second kappa shape index (κ2) is 7.63. The van der Waals surface area contributed by atoms with Crippen molar-refractivity contribution in [2.24, 2.45) is 0 Å². The largest absolute Gasteiger partial charge is 0.497 e. The predicted molar refractivity (Wildman–Crippen MR) is 107 cm³/mol. The van der Waals surface area contributed by atoms with Crippen molar-refractivity contribution in [1.29, 1.82) is 0 Å². The Hall–Kier alpha value is -2.26. The van der Waals surface area contributed by atoms with Crippen molar-refractivity contribution < 1.29 is 23.4 Å². The number of nitrogens with zero attached hydrogens (tertiary/aromatic N) is 2. The van der Waals surface area contributed by atoms with Crippen molar-refractivity contribution in [3.8, 4) is 11.5 Å². The van der Waals surface area contributed by atoms with Crippen LogP contribution < -0.4 is 9.47 Å². The second-order valence-corrected chi connectivity index (χ2v) is 8.85. The molecule has 2 aromatic carbocycles. The lowest BCUT2D eigenvalue weighted by Gasteiger charge is -2.37. The van der Waals surface area contributed by atoms with E-state index in [2.05, 4.69) is 4.90 Å². The van der Waals surface area contributed by atoms with Crippen LogP contribution in [-0.4, -0.2) is 63.6 Å². The molecule has 0 bridgehead atoms. The van der Waals surface area contributed by atoms with Crippen LogP contribution in [0.25, 0.3) is 0 Å². The number of carbonyl (C=O) groups is 1. The van der Waals surface area contributed by atoms with Gasteiger partial charge in [0.15, 0.2) is 0 Å². The summed E-state index contributed by atoms with van der Waals surface area (Å²) in [6.45, 7) is 2.39. The highest BCUT2D eigenvalue weighted by Crippen LogP contribution is 2.58. The van der Waals surface area contributed by atoms with Crippen LogP contribution in [0.3, 0.4) is 0 Å². The van der Waals surface area contributed by atoms with Gasteiger partial charge in [0.2, 0.25) is 0 Å². The van der Waals surface area contributed by atoms with Gasteiger partial charge in [0.05, 0.1) is 24.1 Å². The molecule has 0 aliphatic carbocycles. The molecule has 2 aliphatic heterocycles. The van der Waals surface area contributed by atoms with Crippen LogP contribution in [0.5, 0.6) is 11.5 Å². The summed E-state index contributed by atoms with van der Waals surface area (Å²) in [6.07, 6.45) is 0.931. The van der Waals surface area contributed by atoms with E-state index in [0.29, 0.717) is 17.0 Å². The Morgan fingerprint density at radius 1 is 1.11 bits per heavy atom. The van der Waals surface area contributed by atoms with Crippen LogP contribution >= 0.6 is 10.8 Å². The van der Waals surface area contributed by atoms with Crippen molar-refractivity contribution >= 4 is 16.7 Å². The van der Waals surface area contributed by atoms with Crippen LogP contribution in [0.4, 0.5) is 0 Å². The third-order valence-corrected chi connectivity index (χ3v) is 7.05. The molecular weight excluding hydrogens is 380 g/mol. The normalized spacial score (nSPS) is 22.2.